The van der Waals surface area contributed by atoms with Crippen molar-refractivity contribution in [3.63, 3.8) is 0 Å². The summed E-state index contributed by atoms with van der Waals surface area (Å²) in [5.74, 6) is -2.94. The smallest absolute Gasteiger partial charge is 0.341 e. The SMILES string of the molecule is CCOc1cc2c(Oc3ccc(NC(=O)C4(C(=O)Nc5ccc(F)cc5)CC4)cc3F)ccnc2cc1OCC(=O)O. The molecule has 0 aliphatic heterocycles. The summed E-state index contributed by atoms with van der Waals surface area (Å²) in [6.07, 6.45) is 2.08. The third-order valence-electron chi connectivity index (χ3n) is 6.55. The quantitative estimate of drug-likeness (QED) is 0.198. The maximum Gasteiger partial charge on any atom is 0.341 e. The van der Waals surface area contributed by atoms with E-state index in [0.717, 1.165) is 6.07 Å². The highest BCUT2D eigenvalue weighted by molar-refractivity contribution is 6.16. The van der Waals surface area contributed by atoms with E-state index in [4.69, 9.17) is 19.3 Å². The molecule has 0 unspecified atom stereocenters. The molecule has 3 aromatic carbocycles. The van der Waals surface area contributed by atoms with Gasteiger partial charge in [0.15, 0.2) is 29.7 Å². The van der Waals surface area contributed by atoms with Crippen molar-refractivity contribution >= 4 is 40.1 Å². The first-order chi connectivity index (χ1) is 20.2. The van der Waals surface area contributed by atoms with Gasteiger partial charge in [0.05, 0.1) is 12.1 Å². The zero-order chi connectivity index (χ0) is 29.9. The molecule has 0 spiro atoms. The molecule has 216 valence electrons. The van der Waals surface area contributed by atoms with E-state index in [2.05, 4.69) is 15.6 Å². The van der Waals surface area contributed by atoms with Crippen LogP contribution in [-0.2, 0) is 14.4 Å². The minimum absolute atomic E-state index is 0.129. The van der Waals surface area contributed by atoms with Gasteiger partial charge in [0.25, 0.3) is 0 Å². The third kappa shape index (κ3) is 6.07. The summed E-state index contributed by atoms with van der Waals surface area (Å²) in [5, 5.41) is 14.6. The number of nitrogens with zero attached hydrogens (tertiary/aromatic N) is 1. The number of carbonyl (C=O) groups excluding carboxylic acids is 2. The van der Waals surface area contributed by atoms with Crippen molar-refractivity contribution in [2.45, 2.75) is 19.8 Å². The Balaban J connectivity index is 1.31. The van der Waals surface area contributed by atoms with Gasteiger partial charge in [-0.25, -0.2) is 13.6 Å². The summed E-state index contributed by atoms with van der Waals surface area (Å²) in [4.78, 5) is 41.0. The Bertz CT molecular complexity index is 1670. The molecule has 10 nitrogen and oxygen atoms in total. The molecule has 1 fully saturated rings. The minimum atomic E-state index is -1.30. The van der Waals surface area contributed by atoms with E-state index in [1.54, 1.807) is 13.0 Å². The lowest BCUT2D eigenvalue weighted by atomic mass is 10.0. The number of amides is 2. The monoisotopic (exact) mass is 577 g/mol. The van der Waals surface area contributed by atoms with Gasteiger partial charge in [0.1, 0.15) is 17.0 Å². The van der Waals surface area contributed by atoms with E-state index < -0.39 is 41.4 Å². The Morgan fingerprint density at radius 2 is 1.52 bits per heavy atom. The Kier molecular flexibility index (Phi) is 7.87. The first-order valence-electron chi connectivity index (χ1n) is 12.9. The number of anilines is 2. The second-order valence-corrected chi connectivity index (χ2v) is 9.49. The zero-order valence-corrected chi connectivity index (χ0v) is 22.3. The molecule has 1 saturated carbocycles. The third-order valence-corrected chi connectivity index (χ3v) is 6.55. The van der Waals surface area contributed by atoms with E-state index in [0.29, 0.717) is 29.4 Å². The molecule has 0 saturated heterocycles. The average molecular weight is 578 g/mol. The van der Waals surface area contributed by atoms with Crippen molar-refractivity contribution < 1.29 is 42.5 Å². The van der Waals surface area contributed by atoms with Crippen LogP contribution >= 0.6 is 0 Å². The van der Waals surface area contributed by atoms with Crippen LogP contribution in [0.4, 0.5) is 20.2 Å². The van der Waals surface area contributed by atoms with Crippen LogP contribution in [0.2, 0.25) is 0 Å². The van der Waals surface area contributed by atoms with Crippen molar-refractivity contribution in [2.24, 2.45) is 5.41 Å². The Labute approximate surface area is 238 Å². The summed E-state index contributed by atoms with van der Waals surface area (Å²) in [5.41, 5.74) is -0.422. The highest BCUT2D eigenvalue weighted by Crippen LogP contribution is 2.47. The first-order valence-corrected chi connectivity index (χ1v) is 12.9. The van der Waals surface area contributed by atoms with Crippen LogP contribution in [0.5, 0.6) is 23.0 Å². The van der Waals surface area contributed by atoms with Gasteiger partial charge < -0.3 is 30.0 Å². The molecular weight excluding hydrogens is 552 g/mol. The average Bonchev–Trinajstić information content (AvgIpc) is 3.77. The van der Waals surface area contributed by atoms with E-state index in [1.807, 2.05) is 0 Å². The molecule has 12 heteroatoms. The van der Waals surface area contributed by atoms with Crippen LogP contribution in [0.15, 0.2) is 66.9 Å². The van der Waals surface area contributed by atoms with Gasteiger partial charge in [0.2, 0.25) is 11.8 Å². The highest BCUT2D eigenvalue weighted by atomic mass is 19.1. The Morgan fingerprint density at radius 1 is 0.857 bits per heavy atom. The highest BCUT2D eigenvalue weighted by Gasteiger charge is 2.56. The maximum absolute atomic E-state index is 15.1. The lowest BCUT2D eigenvalue weighted by Gasteiger charge is -2.16. The molecule has 4 aromatic rings. The van der Waals surface area contributed by atoms with Crippen LogP contribution in [0.25, 0.3) is 10.9 Å². The van der Waals surface area contributed by atoms with Gasteiger partial charge in [-0.05, 0) is 68.3 Å². The van der Waals surface area contributed by atoms with Gasteiger partial charge in [-0.3, -0.25) is 14.6 Å². The molecule has 42 heavy (non-hydrogen) atoms. The number of aromatic nitrogens is 1. The van der Waals surface area contributed by atoms with E-state index >= 15 is 4.39 Å². The molecule has 0 atom stereocenters. The second kappa shape index (κ2) is 11.7. The van der Waals surface area contributed by atoms with Crippen LogP contribution in [0, 0.1) is 17.0 Å². The van der Waals surface area contributed by atoms with E-state index in [9.17, 15) is 18.8 Å². The number of halogens is 2. The standard InChI is InChI=1S/C30H25F2N3O7/c1-2-40-25-14-20-22(15-26(25)41-16-27(36)37)33-12-9-23(20)42-24-8-7-19(13-21(24)32)35-29(39)30(10-11-30)28(38)34-18-5-3-17(31)4-6-18/h3-9,12-15H,2,10-11,16H2,1H3,(H,34,38)(H,35,39)(H,36,37). The number of benzene rings is 3. The van der Waals surface area contributed by atoms with Crippen LogP contribution in [0.1, 0.15) is 19.8 Å². The fourth-order valence-electron chi connectivity index (χ4n) is 4.23. The number of aliphatic carboxylic acids is 1. The minimum Gasteiger partial charge on any atom is -0.490 e. The number of nitrogens with one attached hydrogen (secondary N) is 2. The van der Waals surface area contributed by atoms with Crippen molar-refractivity contribution in [2.75, 3.05) is 23.8 Å². The van der Waals surface area contributed by atoms with Gasteiger partial charge in [-0.15, -0.1) is 0 Å². The fourth-order valence-corrected chi connectivity index (χ4v) is 4.23. The maximum atomic E-state index is 15.1. The van der Waals surface area contributed by atoms with Gasteiger partial charge in [0, 0.05) is 35.1 Å². The van der Waals surface area contributed by atoms with Gasteiger partial charge >= 0.3 is 5.97 Å². The van der Waals surface area contributed by atoms with Crippen LogP contribution < -0.4 is 24.8 Å². The number of carboxylic acids is 1. The second-order valence-electron chi connectivity index (χ2n) is 9.49. The largest absolute Gasteiger partial charge is 0.490 e. The summed E-state index contributed by atoms with van der Waals surface area (Å²) in [6, 6.07) is 13.6. The number of hydrogen-bond donors (Lipinski definition) is 3. The van der Waals surface area contributed by atoms with E-state index in [-0.39, 0.29) is 35.3 Å². The molecule has 0 radical (unpaired) electrons. The summed E-state index contributed by atoms with van der Waals surface area (Å²) in [6.45, 7) is 1.46. The number of carboxylic acid groups (broad SMARTS) is 1. The molecule has 1 heterocycles. The first kappa shape index (κ1) is 28.3. The number of pyridine rings is 1. The van der Waals surface area contributed by atoms with Crippen molar-refractivity contribution in [3.05, 3.63) is 78.5 Å². The Hall–Kier alpha value is -5.26. The normalized spacial score (nSPS) is 13.2. The number of carbonyl (C=O) groups is 3. The predicted octanol–water partition coefficient (Wildman–Crippen LogP) is 5.52. The zero-order valence-electron chi connectivity index (χ0n) is 22.3. The van der Waals surface area contributed by atoms with Crippen molar-refractivity contribution in [3.8, 4) is 23.0 Å². The summed E-state index contributed by atoms with van der Waals surface area (Å²) >= 11 is 0. The lowest BCUT2D eigenvalue weighted by Crippen LogP contribution is -2.35. The lowest BCUT2D eigenvalue weighted by molar-refractivity contribution is -0.139. The fraction of sp³-hybridized carbons (Fsp3) is 0.200. The predicted molar refractivity (Wildman–Crippen MR) is 148 cm³/mol. The number of hydrogen-bond acceptors (Lipinski definition) is 7. The molecular formula is C30H25F2N3O7. The summed E-state index contributed by atoms with van der Waals surface area (Å²) < 4.78 is 45.0. The molecule has 1 aliphatic rings. The summed E-state index contributed by atoms with van der Waals surface area (Å²) in [7, 11) is 0. The number of rotatable bonds is 11. The Morgan fingerprint density at radius 3 is 2.17 bits per heavy atom. The van der Waals surface area contributed by atoms with Gasteiger partial charge in [-0.1, -0.05) is 0 Å². The van der Waals surface area contributed by atoms with Crippen LogP contribution in [-0.4, -0.2) is 41.1 Å². The van der Waals surface area contributed by atoms with Crippen molar-refractivity contribution in [1.29, 1.82) is 0 Å². The van der Waals surface area contributed by atoms with Crippen LogP contribution in [0.3, 0.4) is 0 Å². The van der Waals surface area contributed by atoms with E-state index in [1.165, 1.54) is 54.7 Å². The topological polar surface area (TPSA) is 136 Å². The molecule has 2 amide bonds. The number of fused-ring (bicyclic) bond motifs is 1. The molecule has 3 N–H and O–H groups in total. The molecule has 1 aromatic heterocycles. The molecule has 0 bridgehead atoms. The molecule has 1 aliphatic carbocycles. The van der Waals surface area contributed by atoms with Gasteiger partial charge in [-0.2, -0.15) is 0 Å². The number of ether oxygens (including phenoxy) is 3. The van der Waals surface area contributed by atoms with Crippen molar-refractivity contribution in [1.82, 2.24) is 4.98 Å². The molecule has 5 rings (SSSR count).